The molecule has 19 heavy (non-hydrogen) atoms. The van der Waals surface area contributed by atoms with Crippen molar-refractivity contribution in [2.75, 3.05) is 20.3 Å². The van der Waals surface area contributed by atoms with Gasteiger partial charge in [-0.05, 0) is 18.6 Å². The summed E-state index contributed by atoms with van der Waals surface area (Å²) in [6.07, 6.45) is 1.73. The average Bonchev–Trinajstić information content (AvgIpc) is 2.83. The van der Waals surface area contributed by atoms with Crippen LogP contribution >= 0.6 is 0 Å². The molecule has 0 spiro atoms. The van der Waals surface area contributed by atoms with E-state index in [0.29, 0.717) is 36.5 Å². The zero-order chi connectivity index (χ0) is 13.8. The second-order valence-electron chi connectivity index (χ2n) is 4.17. The van der Waals surface area contributed by atoms with Crippen LogP contribution in [0.3, 0.4) is 0 Å². The van der Waals surface area contributed by atoms with Crippen molar-refractivity contribution in [2.45, 2.75) is 12.5 Å². The zero-order valence-corrected chi connectivity index (χ0v) is 10.5. The van der Waals surface area contributed by atoms with Gasteiger partial charge in [-0.2, -0.15) is 0 Å². The Bertz CT molecular complexity index is 601. The van der Waals surface area contributed by atoms with Crippen LogP contribution in [-0.4, -0.2) is 43.7 Å². The Hall–Kier alpha value is -1.92. The van der Waals surface area contributed by atoms with Gasteiger partial charge in [0, 0.05) is 24.4 Å². The van der Waals surface area contributed by atoms with Gasteiger partial charge in [0.25, 0.3) is 5.91 Å². The number of furan rings is 1. The lowest BCUT2D eigenvalue weighted by Gasteiger charge is -2.08. The molecule has 6 heteroatoms. The van der Waals surface area contributed by atoms with Crippen molar-refractivity contribution < 1.29 is 23.8 Å². The highest BCUT2D eigenvalue weighted by atomic mass is 16.5. The maximum absolute atomic E-state index is 11.8. The number of fused-ring (bicyclic) bond motifs is 1. The summed E-state index contributed by atoms with van der Waals surface area (Å²) in [5.41, 5.74) is 0.696. The van der Waals surface area contributed by atoms with E-state index in [1.165, 1.54) is 6.07 Å². The number of carbonyl (C=O) groups excluding carboxylic acids is 2. The van der Waals surface area contributed by atoms with E-state index in [-0.39, 0.29) is 17.2 Å². The highest BCUT2D eigenvalue weighted by Crippen LogP contribution is 2.08. The van der Waals surface area contributed by atoms with Gasteiger partial charge in [-0.3, -0.25) is 9.59 Å². The molecule has 102 valence electrons. The van der Waals surface area contributed by atoms with Crippen molar-refractivity contribution in [3.05, 3.63) is 22.5 Å². The first-order valence-electron chi connectivity index (χ1n) is 5.92. The van der Waals surface area contributed by atoms with Gasteiger partial charge in [0.05, 0.1) is 12.7 Å². The topological polar surface area (TPSA) is 88.8 Å². The van der Waals surface area contributed by atoms with E-state index >= 15 is 0 Å². The van der Waals surface area contributed by atoms with Gasteiger partial charge < -0.3 is 19.6 Å². The summed E-state index contributed by atoms with van der Waals surface area (Å²) in [5, 5.41) is 12.8. The smallest absolute Gasteiger partial charge is 0.287 e. The van der Waals surface area contributed by atoms with Crippen molar-refractivity contribution in [2.24, 2.45) is 0 Å². The second kappa shape index (κ2) is 5.81. The van der Waals surface area contributed by atoms with Crippen LogP contribution in [0.1, 0.15) is 17.0 Å². The Balaban J connectivity index is 2.30. The van der Waals surface area contributed by atoms with Crippen LogP contribution in [0.25, 0.3) is 11.6 Å². The van der Waals surface area contributed by atoms with Gasteiger partial charge in [0.2, 0.25) is 0 Å². The molecule has 0 radical (unpaired) electrons. The highest BCUT2D eigenvalue weighted by Gasteiger charge is 2.19. The van der Waals surface area contributed by atoms with Crippen LogP contribution in [0.4, 0.5) is 0 Å². The van der Waals surface area contributed by atoms with Gasteiger partial charge in [-0.25, -0.2) is 0 Å². The maximum Gasteiger partial charge on any atom is 0.287 e. The Morgan fingerprint density at radius 3 is 3.16 bits per heavy atom. The van der Waals surface area contributed by atoms with E-state index in [2.05, 4.69) is 5.32 Å². The van der Waals surface area contributed by atoms with E-state index in [9.17, 15) is 14.7 Å². The molecule has 0 saturated heterocycles. The summed E-state index contributed by atoms with van der Waals surface area (Å²) in [6, 6.07) is 1.47. The molecule has 1 aromatic heterocycles. The summed E-state index contributed by atoms with van der Waals surface area (Å²) in [7, 11) is 1.54. The van der Waals surface area contributed by atoms with Crippen LogP contribution in [0.5, 0.6) is 0 Å². The zero-order valence-electron chi connectivity index (χ0n) is 10.5. The Kier molecular flexibility index (Phi) is 4.13. The van der Waals surface area contributed by atoms with E-state index < -0.39 is 6.10 Å². The number of rotatable bonds is 5. The Labute approximate surface area is 109 Å². The summed E-state index contributed by atoms with van der Waals surface area (Å²) < 4.78 is 10.2. The number of hydrogen-bond donors (Lipinski definition) is 2. The number of ether oxygens (including phenoxy) is 1. The molecule has 0 fully saturated rings. The van der Waals surface area contributed by atoms with Gasteiger partial charge in [0.15, 0.2) is 5.76 Å². The quantitative estimate of drug-likeness (QED) is 0.502. The van der Waals surface area contributed by atoms with Crippen molar-refractivity contribution in [1.29, 1.82) is 0 Å². The molecular weight excluding hydrogens is 250 g/mol. The van der Waals surface area contributed by atoms with Crippen LogP contribution in [-0.2, 0) is 9.53 Å². The number of carbonyl (C=O) groups is 2. The molecule has 1 unspecified atom stereocenters. The monoisotopic (exact) mass is 265 g/mol. The number of methoxy groups -OCH3 is 1. The lowest BCUT2D eigenvalue weighted by atomic mass is 10.0. The molecule has 0 bridgehead atoms. The molecule has 1 aromatic rings. The first kappa shape index (κ1) is 13.5. The molecule has 2 N–H and O–H groups in total. The fourth-order valence-corrected chi connectivity index (χ4v) is 1.92. The first-order valence-corrected chi connectivity index (χ1v) is 5.92. The standard InChI is InChI=1S/C13H15NO5/c1-18-5-4-14-13(17)12-6-8-9(7-15)10(16)2-3-11(8)19-12/h3,6-7,10,16H,2,4-5H2,1H3,(H,14,17). The molecule has 1 heterocycles. The number of aldehydes is 1. The molecular formula is C13H15NO5. The largest absolute Gasteiger partial charge is 0.451 e. The maximum atomic E-state index is 11.8. The average molecular weight is 265 g/mol. The van der Waals surface area contributed by atoms with Crippen LogP contribution < -0.4 is 16.0 Å². The lowest BCUT2D eigenvalue weighted by Crippen LogP contribution is -2.32. The minimum absolute atomic E-state index is 0.116. The normalized spacial score (nSPS) is 17.6. The van der Waals surface area contributed by atoms with E-state index in [4.69, 9.17) is 9.15 Å². The van der Waals surface area contributed by atoms with Gasteiger partial charge in [0.1, 0.15) is 11.7 Å². The third-order valence-electron chi connectivity index (χ3n) is 2.90. The third-order valence-corrected chi connectivity index (χ3v) is 2.90. The lowest BCUT2D eigenvalue weighted by molar-refractivity contribution is -0.104. The summed E-state index contributed by atoms with van der Waals surface area (Å²) in [4.78, 5) is 22.7. The van der Waals surface area contributed by atoms with Crippen LogP contribution in [0, 0.1) is 0 Å². The number of aliphatic hydroxyl groups is 1. The molecule has 6 nitrogen and oxygen atoms in total. The van der Waals surface area contributed by atoms with Crippen molar-refractivity contribution in [3.63, 3.8) is 0 Å². The van der Waals surface area contributed by atoms with Crippen molar-refractivity contribution >= 4 is 23.8 Å². The molecule has 1 aliphatic carbocycles. The molecule has 0 saturated carbocycles. The predicted molar refractivity (Wildman–Crippen MR) is 66.7 cm³/mol. The second-order valence-corrected chi connectivity index (χ2v) is 4.17. The van der Waals surface area contributed by atoms with E-state index in [1.807, 2.05) is 0 Å². The third kappa shape index (κ3) is 2.74. The molecule has 0 aliphatic heterocycles. The van der Waals surface area contributed by atoms with E-state index in [0.717, 1.165) is 0 Å². The summed E-state index contributed by atoms with van der Waals surface area (Å²) in [5.74, 6) is -0.259. The molecule has 1 aliphatic rings. The molecule has 2 rings (SSSR count). The number of hydrogen-bond acceptors (Lipinski definition) is 5. The highest BCUT2D eigenvalue weighted by molar-refractivity contribution is 6.01. The molecule has 1 atom stereocenters. The van der Waals surface area contributed by atoms with Gasteiger partial charge in [-0.15, -0.1) is 0 Å². The molecule has 1 amide bonds. The SMILES string of the molecule is COCCNC(=O)c1cc2c(o1)=CCC(O)C=2C=O. The summed E-state index contributed by atoms with van der Waals surface area (Å²) in [6.45, 7) is 0.778. The number of nitrogens with one attached hydrogen (secondary N) is 1. The summed E-state index contributed by atoms with van der Waals surface area (Å²) >= 11 is 0. The minimum atomic E-state index is -0.841. The van der Waals surface area contributed by atoms with Crippen molar-refractivity contribution in [3.8, 4) is 0 Å². The van der Waals surface area contributed by atoms with E-state index in [1.54, 1.807) is 13.2 Å². The Morgan fingerprint density at radius 2 is 2.47 bits per heavy atom. The van der Waals surface area contributed by atoms with Crippen molar-refractivity contribution in [1.82, 2.24) is 5.32 Å². The van der Waals surface area contributed by atoms with Gasteiger partial charge in [-0.1, -0.05) is 0 Å². The number of amides is 1. The Morgan fingerprint density at radius 1 is 1.68 bits per heavy atom. The first-order chi connectivity index (χ1) is 9.17. The molecule has 0 aromatic carbocycles. The van der Waals surface area contributed by atoms with Crippen LogP contribution in [0.15, 0.2) is 10.5 Å². The van der Waals surface area contributed by atoms with Gasteiger partial charge >= 0.3 is 0 Å². The van der Waals surface area contributed by atoms with Crippen LogP contribution in [0.2, 0.25) is 0 Å². The fraction of sp³-hybridized carbons (Fsp3) is 0.385. The predicted octanol–water partition coefficient (Wildman–Crippen LogP) is -1.45. The fourth-order valence-electron chi connectivity index (χ4n) is 1.92. The minimum Gasteiger partial charge on any atom is -0.451 e. The number of aliphatic hydroxyl groups excluding tert-OH is 1.